The second kappa shape index (κ2) is 11.1. The summed E-state index contributed by atoms with van der Waals surface area (Å²) >= 11 is 1.55. The Balaban J connectivity index is 3.91. The number of carboxylic acid groups (broad SMARTS) is 1. The van der Waals surface area contributed by atoms with E-state index < -0.39 is 12.0 Å². The lowest BCUT2D eigenvalue weighted by molar-refractivity contribution is -0.141. The molecule has 0 aromatic heterocycles. The number of aliphatic carboxylic acids is 1. The minimum atomic E-state index is -1.01. The summed E-state index contributed by atoms with van der Waals surface area (Å²) in [7, 11) is 0. The zero-order chi connectivity index (χ0) is 14.7. The molecule has 0 spiro atoms. The van der Waals surface area contributed by atoms with Crippen LogP contribution in [0.5, 0.6) is 0 Å². The summed E-state index contributed by atoms with van der Waals surface area (Å²) in [6, 6.07) is -0.831. The standard InChI is InChI=1S/C12H23NO5S/c1-4-17-11(18-5-2)8-19-7-6-10(12(15)16)13-9(3)14/h10-11H,4-8H2,1-3H3,(H,13,14)(H,15,16). The molecule has 0 aromatic rings. The van der Waals surface area contributed by atoms with Crippen molar-refractivity contribution in [2.45, 2.75) is 39.5 Å². The number of carbonyl (C=O) groups excluding carboxylic acids is 1. The van der Waals surface area contributed by atoms with Crippen LogP contribution in [0.1, 0.15) is 27.2 Å². The lowest BCUT2D eigenvalue weighted by atomic mass is 10.2. The fraction of sp³-hybridized carbons (Fsp3) is 0.833. The average Bonchev–Trinajstić information content (AvgIpc) is 2.32. The molecule has 0 aromatic carbocycles. The van der Waals surface area contributed by atoms with Gasteiger partial charge < -0.3 is 19.9 Å². The van der Waals surface area contributed by atoms with E-state index in [1.807, 2.05) is 13.8 Å². The Morgan fingerprint density at radius 1 is 1.26 bits per heavy atom. The maximum absolute atomic E-state index is 10.9. The minimum Gasteiger partial charge on any atom is -0.480 e. The van der Waals surface area contributed by atoms with Crippen molar-refractivity contribution in [3.63, 3.8) is 0 Å². The summed E-state index contributed by atoms with van der Waals surface area (Å²) in [4.78, 5) is 21.7. The molecule has 0 aliphatic carbocycles. The van der Waals surface area contributed by atoms with Gasteiger partial charge in [-0.05, 0) is 26.0 Å². The van der Waals surface area contributed by atoms with Gasteiger partial charge in [-0.25, -0.2) is 4.79 Å². The summed E-state index contributed by atoms with van der Waals surface area (Å²) in [5, 5.41) is 11.3. The first-order chi connectivity index (χ1) is 9.01. The van der Waals surface area contributed by atoms with Crippen molar-refractivity contribution in [1.29, 1.82) is 0 Å². The van der Waals surface area contributed by atoms with E-state index in [4.69, 9.17) is 14.6 Å². The van der Waals surface area contributed by atoms with Gasteiger partial charge in [-0.3, -0.25) is 4.79 Å². The highest BCUT2D eigenvalue weighted by Gasteiger charge is 2.18. The number of amides is 1. The topological polar surface area (TPSA) is 84.9 Å². The van der Waals surface area contributed by atoms with Gasteiger partial charge in [-0.15, -0.1) is 0 Å². The first-order valence-corrected chi connectivity index (χ1v) is 7.47. The zero-order valence-electron chi connectivity index (χ0n) is 11.7. The molecule has 0 aliphatic heterocycles. The highest BCUT2D eigenvalue weighted by molar-refractivity contribution is 7.99. The van der Waals surface area contributed by atoms with E-state index in [0.717, 1.165) is 0 Å². The van der Waals surface area contributed by atoms with E-state index in [2.05, 4.69) is 5.32 Å². The van der Waals surface area contributed by atoms with Crippen molar-refractivity contribution in [2.24, 2.45) is 0 Å². The number of hydrogen-bond donors (Lipinski definition) is 2. The number of carboxylic acids is 1. The number of carbonyl (C=O) groups is 2. The zero-order valence-corrected chi connectivity index (χ0v) is 12.5. The van der Waals surface area contributed by atoms with Gasteiger partial charge in [0, 0.05) is 25.9 Å². The van der Waals surface area contributed by atoms with Crippen molar-refractivity contribution in [2.75, 3.05) is 24.7 Å². The Kier molecular flexibility index (Phi) is 10.6. The van der Waals surface area contributed by atoms with Gasteiger partial charge in [0.05, 0.1) is 0 Å². The highest BCUT2D eigenvalue weighted by atomic mass is 32.2. The molecule has 112 valence electrons. The first kappa shape index (κ1) is 18.2. The number of ether oxygens (including phenoxy) is 2. The van der Waals surface area contributed by atoms with Crippen LogP contribution < -0.4 is 5.32 Å². The molecule has 1 unspecified atom stereocenters. The van der Waals surface area contributed by atoms with E-state index in [1.165, 1.54) is 6.92 Å². The summed E-state index contributed by atoms with van der Waals surface area (Å²) in [5.74, 6) is -0.0806. The molecule has 1 atom stereocenters. The molecule has 0 rings (SSSR count). The third kappa shape index (κ3) is 9.75. The fourth-order valence-electron chi connectivity index (χ4n) is 1.40. The van der Waals surface area contributed by atoms with Crippen molar-refractivity contribution in [3.05, 3.63) is 0 Å². The normalized spacial score (nSPS) is 12.4. The SMILES string of the molecule is CCOC(CSCCC(NC(C)=O)C(=O)O)OCC. The number of nitrogens with one attached hydrogen (secondary N) is 1. The van der Waals surface area contributed by atoms with Crippen LogP contribution in [0.25, 0.3) is 0 Å². The largest absolute Gasteiger partial charge is 0.480 e. The Bertz CT molecular complexity index is 269. The third-order valence-electron chi connectivity index (χ3n) is 2.19. The first-order valence-electron chi connectivity index (χ1n) is 6.32. The van der Waals surface area contributed by atoms with Crippen LogP contribution in [0.2, 0.25) is 0 Å². The molecule has 2 N–H and O–H groups in total. The lowest BCUT2D eigenvalue weighted by Gasteiger charge is -2.17. The van der Waals surface area contributed by atoms with E-state index in [1.54, 1.807) is 11.8 Å². The maximum atomic E-state index is 10.9. The van der Waals surface area contributed by atoms with Crippen LogP contribution in [0.4, 0.5) is 0 Å². The molecule has 0 radical (unpaired) electrons. The molecule has 0 saturated carbocycles. The van der Waals surface area contributed by atoms with Gasteiger partial charge in [0.2, 0.25) is 5.91 Å². The average molecular weight is 293 g/mol. The number of rotatable bonds is 11. The smallest absolute Gasteiger partial charge is 0.326 e. The molecule has 6 nitrogen and oxygen atoms in total. The molecule has 1 amide bonds. The molecule has 7 heteroatoms. The molecule has 0 fully saturated rings. The molecule has 0 heterocycles. The predicted molar refractivity (Wildman–Crippen MR) is 74.2 cm³/mol. The maximum Gasteiger partial charge on any atom is 0.326 e. The van der Waals surface area contributed by atoms with E-state index in [0.29, 0.717) is 31.1 Å². The molecule has 0 aliphatic rings. The number of thioether (sulfide) groups is 1. The van der Waals surface area contributed by atoms with Crippen LogP contribution in [-0.4, -0.2) is 54.0 Å². The van der Waals surface area contributed by atoms with Gasteiger partial charge >= 0.3 is 5.97 Å². The van der Waals surface area contributed by atoms with E-state index >= 15 is 0 Å². The van der Waals surface area contributed by atoms with Crippen LogP contribution >= 0.6 is 11.8 Å². The minimum absolute atomic E-state index is 0.260. The quantitative estimate of drug-likeness (QED) is 0.438. The number of hydrogen-bond acceptors (Lipinski definition) is 5. The molecule has 0 bridgehead atoms. The van der Waals surface area contributed by atoms with Gasteiger partial charge in [-0.1, -0.05) is 0 Å². The van der Waals surface area contributed by atoms with E-state index in [-0.39, 0.29) is 12.2 Å². The van der Waals surface area contributed by atoms with Gasteiger partial charge in [0.15, 0.2) is 6.29 Å². The Morgan fingerprint density at radius 2 is 1.84 bits per heavy atom. The van der Waals surface area contributed by atoms with Crippen molar-refractivity contribution >= 4 is 23.6 Å². The molecular weight excluding hydrogens is 270 g/mol. The third-order valence-corrected chi connectivity index (χ3v) is 3.22. The van der Waals surface area contributed by atoms with Crippen molar-refractivity contribution in [3.8, 4) is 0 Å². The lowest BCUT2D eigenvalue weighted by Crippen LogP contribution is -2.40. The second-order valence-corrected chi connectivity index (χ2v) is 4.95. The highest BCUT2D eigenvalue weighted by Crippen LogP contribution is 2.10. The van der Waals surface area contributed by atoms with Gasteiger partial charge in [0.1, 0.15) is 6.04 Å². The van der Waals surface area contributed by atoms with Crippen molar-refractivity contribution in [1.82, 2.24) is 5.32 Å². The molecule has 0 saturated heterocycles. The monoisotopic (exact) mass is 293 g/mol. The summed E-state index contributed by atoms with van der Waals surface area (Å²) in [6.07, 6.45) is 0.119. The van der Waals surface area contributed by atoms with Crippen LogP contribution in [0, 0.1) is 0 Å². The van der Waals surface area contributed by atoms with E-state index in [9.17, 15) is 9.59 Å². The summed E-state index contributed by atoms with van der Waals surface area (Å²) < 4.78 is 10.7. The Morgan fingerprint density at radius 3 is 2.26 bits per heavy atom. The predicted octanol–water partition coefficient (Wildman–Crippen LogP) is 1.10. The molecular formula is C12H23NO5S. The summed E-state index contributed by atoms with van der Waals surface area (Å²) in [5.41, 5.74) is 0. The van der Waals surface area contributed by atoms with Crippen LogP contribution in [-0.2, 0) is 19.1 Å². The Labute approximate surface area is 118 Å². The van der Waals surface area contributed by atoms with Crippen LogP contribution in [0.15, 0.2) is 0 Å². The molecule has 19 heavy (non-hydrogen) atoms. The summed E-state index contributed by atoms with van der Waals surface area (Å²) in [6.45, 7) is 6.26. The Hall–Kier alpha value is -0.790. The second-order valence-electron chi connectivity index (χ2n) is 3.80. The van der Waals surface area contributed by atoms with Gasteiger partial charge in [-0.2, -0.15) is 11.8 Å². The fourth-order valence-corrected chi connectivity index (χ4v) is 2.35. The van der Waals surface area contributed by atoms with Crippen LogP contribution in [0.3, 0.4) is 0 Å². The van der Waals surface area contributed by atoms with Crippen molar-refractivity contribution < 1.29 is 24.2 Å². The van der Waals surface area contributed by atoms with Gasteiger partial charge in [0.25, 0.3) is 0 Å².